The molecule has 3 aromatic heterocycles. The highest BCUT2D eigenvalue weighted by Crippen LogP contribution is 2.24. The molecule has 0 radical (unpaired) electrons. The average Bonchev–Trinajstić information content (AvgIpc) is 2.74. The lowest BCUT2D eigenvalue weighted by atomic mass is 10.1. The Morgan fingerprint density at radius 2 is 2.00 bits per heavy atom. The summed E-state index contributed by atoms with van der Waals surface area (Å²) in [4.78, 5) is 8.47. The number of hydrogen-bond donors (Lipinski definition) is 0. The summed E-state index contributed by atoms with van der Waals surface area (Å²) in [6, 6.07) is 5.64. The van der Waals surface area contributed by atoms with Gasteiger partial charge in [-0.2, -0.15) is 5.10 Å². The van der Waals surface area contributed by atoms with Gasteiger partial charge in [-0.1, -0.05) is 11.6 Å². The van der Waals surface area contributed by atoms with Crippen LogP contribution in [-0.2, 0) is 0 Å². The number of fused-ring (bicyclic) bond motifs is 1. The molecule has 0 N–H and O–H groups in total. The molecule has 0 aliphatic heterocycles. The van der Waals surface area contributed by atoms with E-state index >= 15 is 0 Å². The monoisotopic (exact) mass is 244 g/mol. The third-order valence-electron chi connectivity index (χ3n) is 2.55. The molecule has 4 nitrogen and oxygen atoms in total. The van der Waals surface area contributed by atoms with Crippen molar-refractivity contribution in [3.05, 3.63) is 47.6 Å². The molecule has 0 saturated carbocycles. The van der Waals surface area contributed by atoms with Crippen LogP contribution >= 0.6 is 11.6 Å². The van der Waals surface area contributed by atoms with Crippen LogP contribution in [0.3, 0.4) is 0 Å². The second-order valence-corrected chi connectivity index (χ2v) is 4.14. The molecule has 3 aromatic rings. The van der Waals surface area contributed by atoms with Gasteiger partial charge in [-0.05, 0) is 30.7 Å². The first-order chi connectivity index (χ1) is 8.25. The second kappa shape index (κ2) is 3.82. The Bertz CT molecular complexity index is 676. The quantitative estimate of drug-likeness (QED) is 0.618. The first-order valence-electron chi connectivity index (χ1n) is 5.17. The first kappa shape index (κ1) is 10.2. The van der Waals surface area contributed by atoms with E-state index in [0.29, 0.717) is 5.15 Å². The summed E-state index contributed by atoms with van der Waals surface area (Å²) in [7, 11) is 0. The standard InChI is InChI=1S/C12H9ClN4/c1-8-6-11(13)17-12(16-8)10(7-15-17)9-2-4-14-5-3-9/h2-7H,1H3. The molecule has 0 spiro atoms. The molecular weight excluding hydrogens is 236 g/mol. The van der Waals surface area contributed by atoms with Gasteiger partial charge in [0.05, 0.1) is 6.20 Å². The van der Waals surface area contributed by atoms with Crippen molar-refractivity contribution < 1.29 is 0 Å². The van der Waals surface area contributed by atoms with Gasteiger partial charge in [0.25, 0.3) is 0 Å². The molecule has 5 heteroatoms. The van der Waals surface area contributed by atoms with E-state index in [9.17, 15) is 0 Å². The Morgan fingerprint density at radius 3 is 2.76 bits per heavy atom. The predicted octanol–water partition coefficient (Wildman–Crippen LogP) is 2.75. The van der Waals surface area contributed by atoms with Crippen LogP contribution in [0.5, 0.6) is 0 Å². The van der Waals surface area contributed by atoms with E-state index < -0.39 is 0 Å². The summed E-state index contributed by atoms with van der Waals surface area (Å²) >= 11 is 6.11. The Kier molecular flexibility index (Phi) is 2.30. The van der Waals surface area contributed by atoms with Crippen LogP contribution in [0, 0.1) is 6.92 Å². The molecule has 0 aliphatic rings. The number of halogens is 1. The molecule has 0 unspecified atom stereocenters. The molecule has 0 fully saturated rings. The summed E-state index contributed by atoms with van der Waals surface area (Å²) in [5.74, 6) is 0. The first-order valence-corrected chi connectivity index (χ1v) is 5.55. The van der Waals surface area contributed by atoms with Crippen LogP contribution in [-0.4, -0.2) is 19.6 Å². The summed E-state index contributed by atoms with van der Waals surface area (Å²) in [6.07, 6.45) is 5.26. The zero-order valence-corrected chi connectivity index (χ0v) is 9.89. The number of aryl methyl sites for hydroxylation is 1. The lowest BCUT2D eigenvalue weighted by Crippen LogP contribution is -1.94. The van der Waals surface area contributed by atoms with Gasteiger partial charge in [0.15, 0.2) is 5.65 Å². The molecule has 3 rings (SSSR count). The largest absolute Gasteiger partial charge is 0.265 e. The third-order valence-corrected chi connectivity index (χ3v) is 2.82. The number of aromatic nitrogens is 4. The molecule has 17 heavy (non-hydrogen) atoms. The maximum Gasteiger partial charge on any atom is 0.164 e. The van der Waals surface area contributed by atoms with Gasteiger partial charge in [0.2, 0.25) is 0 Å². The van der Waals surface area contributed by atoms with Gasteiger partial charge in [0, 0.05) is 23.7 Å². The molecule has 84 valence electrons. The van der Waals surface area contributed by atoms with Crippen LogP contribution in [0.2, 0.25) is 5.15 Å². The van der Waals surface area contributed by atoms with E-state index in [-0.39, 0.29) is 0 Å². The normalized spacial score (nSPS) is 10.9. The zero-order chi connectivity index (χ0) is 11.8. The molecule has 0 amide bonds. The van der Waals surface area contributed by atoms with Crippen molar-refractivity contribution in [1.82, 2.24) is 19.6 Å². The van der Waals surface area contributed by atoms with E-state index in [1.807, 2.05) is 19.1 Å². The van der Waals surface area contributed by atoms with E-state index in [2.05, 4.69) is 15.1 Å². The van der Waals surface area contributed by atoms with Crippen LogP contribution in [0.25, 0.3) is 16.8 Å². The van der Waals surface area contributed by atoms with Gasteiger partial charge >= 0.3 is 0 Å². The summed E-state index contributed by atoms with van der Waals surface area (Å²) in [6.45, 7) is 1.91. The SMILES string of the molecule is Cc1cc(Cl)n2ncc(-c3ccncc3)c2n1. The predicted molar refractivity (Wildman–Crippen MR) is 66.0 cm³/mol. The zero-order valence-electron chi connectivity index (χ0n) is 9.13. The summed E-state index contributed by atoms with van der Waals surface area (Å²) < 4.78 is 1.63. The van der Waals surface area contributed by atoms with Crippen molar-refractivity contribution >= 4 is 17.2 Å². The highest BCUT2D eigenvalue weighted by atomic mass is 35.5. The van der Waals surface area contributed by atoms with E-state index in [1.165, 1.54) is 0 Å². The minimum atomic E-state index is 0.563. The maximum absolute atomic E-state index is 6.11. The van der Waals surface area contributed by atoms with Gasteiger partial charge in [-0.15, -0.1) is 0 Å². The van der Waals surface area contributed by atoms with Gasteiger partial charge in [-0.3, -0.25) is 4.98 Å². The topological polar surface area (TPSA) is 43.1 Å². The van der Waals surface area contributed by atoms with Crippen molar-refractivity contribution in [3.63, 3.8) is 0 Å². The number of rotatable bonds is 1. The van der Waals surface area contributed by atoms with E-state index in [0.717, 1.165) is 22.5 Å². The van der Waals surface area contributed by atoms with Crippen molar-refractivity contribution in [2.75, 3.05) is 0 Å². The highest BCUT2D eigenvalue weighted by molar-refractivity contribution is 6.29. The number of nitrogens with zero attached hydrogens (tertiary/aromatic N) is 4. The van der Waals surface area contributed by atoms with E-state index in [1.54, 1.807) is 29.2 Å². The highest BCUT2D eigenvalue weighted by Gasteiger charge is 2.10. The Balaban J connectivity index is 2.32. The van der Waals surface area contributed by atoms with E-state index in [4.69, 9.17) is 11.6 Å². The van der Waals surface area contributed by atoms with Crippen LogP contribution in [0.1, 0.15) is 5.69 Å². The van der Waals surface area contributed by atoms with Crippen molar-refractivity contribution in [3.8, 4) is 11.1 Å². The summed E-state index contributed by atoms with van der Waals surface area (Å²) in [5, 5.41) is 4.80. The molecule has 0 aromatic carbocycles. The van der Waals surface area contributed by atoms with Crippen molar-refractivity contribution in [2.24, 2.45) is 0 Å². The molecule has 0 atom stereocenters. The minimum Gasteiger partial charge on any atom is -0.265 e. The van der Waals surface area contributed by atoms with Gasteiger partial charge < -0.3 is 0 Å². The second-order valence-electron chi connectivity index (χ2n) is 3.75. The smallest absolute Gasteiger partial charge is 0.164 e. The van der Waals surface area contributed by atoms with Crippen molar-refractivity contribution in [2.45, 2.75) is 6.92 Å². The molecule has 0 bridgehead atoms. The molecule has 3 heterocycles. The Morgan fingerprint density at radius 1 is 1.24 bits per heavy atom. The van der Waals surface area contributed by atoms with Crippen LogP contribution in [0.4, 0.5) is 0 Å². The van der Waals surface area contributed by atoms with Gasteiger partial charge in [0.1, 0.15) is 5.15 Å². The van der Waals surface area contributed by atoms with Crippen LogP contribution in [0.15, 0.2) is 36.8 Å². The molecule has 0 aliphatic carbocycles. The molecule has 0 saturated heterocycles. The maximum atomic E-state index is 6.11. The minimum absolute atomic E-state index is 0.563. The van der Waals surface area contributed by atoms with Gasteiger partial charge in [-0.25, -0.2) is 9.50 Å². The number of hydrogen-bond acceptors (Lipinski definition) is 3. The van der Waals surface area contributed by atoms with Crippen LogP contribution < -0.4 is 0 Å². The Hall–Kier alpha value is -1.94. The fraction of sp³-hybridized carbons (Fsp3) is 0.0833. The average molecular weight is 245 g/mol. The Labute approximate surface area is 103 Å². The third kappa shape index (κ3) is 1.66. The lowest BCUT2D eigenvalue weighted by molar-refractivity contribution is 0.930. The molecular formula is C12H9ClN4. The number of pyridine rings is 1. The fourth-order valence-electron chi connectivity index (χ4n) is 1.77. The lowest BCUT2D eigenvalue weighted by Gasteiger charge is -2.01. The fourth-order valence-corrected chi connectivity index (χ4v) is 2.06. The summed E-state index contributed by atoms with van der Waals surface area (Å²) in [5.41, 5.74) is 3.63. The van der Waals surface area contributed by atoms with Crippen molar-refractivity contribution in [1.29, 1.82) is 0 Å².